The maximum absolute atomic E-state index is 14.0. The number of hydrogen-bond donors (Lipinski definition) is 1. The molecule has 6 nitrogen and oxygen atoms in total. The Morgan fingerprint density at radius 3 is 2.65 bits per heavy atom. The minimum Gasteiger partial charge on any atom is -0.445 e. The van der Waals surface area contributed by atoms with E-state index in [0.717, 1.165) is 6.08 Å². The zero-order chi connectivity index (χ0) is 19.4. The number of ether oxygens (including phenoxy) is 1. The highest BCUT2D eigenvalue weighted by Crippen LogP contribution is 2.23. The summed E-state index contributed by atoms with van der Waals surface area (Å²) >= 11 is 0. The van der Waals surface area contributed by atoms with Gasteiger partial charge in [0.1, 0.15) is 18.2 Å². The number of aromatic nitrogens is 1. The normalized spacial score (nSPS) is 12.8. The largest absolute Gasteiger partial charge is 0.445 e. The first kappa shape index (κ1) is 19.8. The summed E-state index contributed by atoms with van der Waals surface area (Å²) < 4.78 is 43.8. The summed E-state index contributed by atoms with van der Waals surface area (Å²) in [5, 5.41) is 3.20. The molecule has 8 heteroatoms. The number of para-hydroxylation sites is 1. The average molecular weight is 380 g/mol. The van der Waals surface area contributed by atoms with Crippen LogP contribution >= 0.6 is 0 Å². The van der Waals surface area contributed by atoms with Crippen LogP contribution in [0.2, 0.25) is 0 Å². The molecule has 0 unspecified atom stereocenters. The minimum absolute atomic E-state index is 0.0365. The summed E-state index contributed by atoms with van der Waals surface area (Å²) in [6.07, 6.45) is 1.70. The van der Waals surface area contributed by atoms with Crippen molar-refractivity contribution >= 4 is 26.8 Å². The number of nitrogens with zero attached hydrogens (tertiary/aromatic N) is 1. The van der Waals surface area contributed by atoms with Crippen LogP contribution in [0.15, 0.2) is 53.3 Å². The van der Waals surface area contributed by atoms with Crippen molar-refractivity contribution in [3.05, 3.63) is 48.4 Å². The fraction of sp³-hybridized carbons (Fsp3) is 0.333. The maximum atomic E-state index is 14.0. The fourth-order valence-electron chi connectivity index (χ4n) is 2.20. The first-order chi connectivity index (χ1) is 12.1. The second-order valence-electron chi connectivity index (χ2n) is 6.71. The van der Waals surface area contributed by atoms with Gasteiger partial charge in [-0.3, -0.25) is 4.98 Å². The summed E-state index contributed by atoms with van der Waals surface area (Å²) in [6, 6.07) is 8.13. The third-order valence-electron chi connectivity index (χ3n) is 3.25. The van der Waals surface area contributed by atoms with Gasteiger partial charge in [-0.1, -0.05) is 18.2 Å². The predicted molar refractivity (Wildman–Crippen MR) is 97.2 cm³/mol. The highest BCUT2D eigenvalue weighted by Gasteiger charge is 2.20. The number of nitrogens with one attached hydrogen (secondary N) is 1. The van der Waals surface area contributed by atoms with Gasteiger partial charge in [0, 0.05) is 17.1 Å². The summed E-state index contributed by atoms with van der Waals surface area (Å²) in [4.78, 5) is 15.5. The van der Waals surface area contributed by atoms with Gasteiger partial charge in [0.25, 0.3) is 0 Å². The summed E-state index contributed by atoms with van der Waals surface area (Å²) in [6.45, 7) is 4.96. The minimum atomic E-state index is -3.93. The van der Waals surface area contributed by atoms with Gasteiger partial charge in [0.2, 0.25) is 0 Å². The molecule has 0 saturated heterocycles. The van der Waals surface area contributed by atoms with Crippen LogP contribution in [0.3, 0.4) is 0 Å². The van der Waals surface area contributed by atoms with Crippen LogP contribution in [0.4, 0.5) is 9.18 Å². The van der Waals surface area contributed by atoms with Gasteiger partial charge >= 0.3 is 6.09 Å². The fourth-order valence-corrected chi connectivity index (χ4v) is 3.58. The number of halogens is 1. The van der Waals surface area contributed by atoms with E-state index in [4.69, 9.17) is 4.74 Å². The molecule has 0 spiro atoms. The Kier molecular flexibility index (Phi) is 5.97. The van der Waals surface area contributed by atoms with E-state index in [1.54, 1.807) is 45.0 Å². The molecule has 0 bridgehead atoms. The van der Waals surface area contributed by atoms with E-state index >= 15 is 0 Å². The third-order valence-corrected chi connectivity index (χ3v) is 4.91. The van der Waals surface area contributed by atoms with Crippen LogP contribution in [-0.2, 0) is 14.6 Å². The molecular weight excluding hydrogens is 359 g/mol. The molecule has 0 radical (unpaired) electrons. The van der Waals surface area contributed by atoms with E-state index in [1.807, 2.05) is 0 Å². The lowest BCUT2D eigenvalue weighted by atomic mass is 10.1. The van der Waals surface area contributed by atoms with Gasteiger partial charge in [-0.15, -0.1) is 0 Å². The molecule has 140 valence electrons. The number of carbonyl (C=O) groups excluding carboxylic acids is 1. The lowest BCUT2D eigenvalue weighted by Crippen LogP contribution is -2.40. The topological polar surface area (TPSA) is 85.4 Å². The number of rotatable bonds is 5. The lowest BCUT2D eigenvalue weighted by molar-refractivity contribution is 0.148. The van der Waals surface area contributed by atoms with Crippen molar-refractivity contribution in [1.82, 2.24) is 10.3 Å². The van der Waals surface area contributed by atoms with Crippen LogP contribution in [0.25, 0.3) is 10.9 Å². The molecule has 1 amide bonds. The van der Waals surface area contributed by atoms with Crippen LogP contribution in [0, 0.1) is 0 Å². The molecule has 0 aliphatic rings. The van der Waals surface area contributed by atoms with Gasteiger partial charge < -0.3 is 10.1 Å². The van der Waals surface area contributed by atoms with Crippen LogP contribution in [0.1, 0.15) is 20.8 Å². The van der Waals surface area contributed by atoms with Gasteiger partial charge in [-0.25, -0.2) is 17.6 Å². The molecule has 2 rings (SSSR count). The number of benzene rings is 1. The Balaban J connectivity index is 2.07. The number of fused-ring (bicyclic) bond motifs is 1. The van der Waals surface area contributed by atoms with E-state index in [2.05, 4.69) is 10.3 Å². The van der Waals surface area contributed by atoms with Crippen molar-refractivity contribution in [1.29, 1.82) is 0 Å². The molecule has 2 aromatic rings. The average Bonchev–Trinajstić information content (AvgIpc) is 2.52. The van der Waals surface area contributed by atoms with Gasteiger partial charge in [-0.05, 0) is 39.0 Å². The molecule has 1 heterocycles. The smallest absolute Gasteiger partial charge is 0.407 e. The highest BCUT2D eigenvalue weighted by molar-refractivity contribution is 7.91. The van der Waals surface area contributed by atoms with Gasteiger partial charge in [0.15, 0.2) is 9.84 Å². The molecule has 0 aliphatic carbocycles. The molecule has 0 fully saturated rings. The van der Waals surface area contributed by atoms with Crippen LogP contribution in [-0.4, -0.2) is 37.4 Å². The Labute approximate surface area is 152 Å². The number of sulfone groups is 1. The summed E-state index contributed by atoms with van der Waals surface area (Å²) in [5.74, 6) is -1.73. The second kappa shape index (κ2) is 7.82. The van der Waals surface area contributed by atoms with Crippen LogP contribution in [0.5, 0.6) is 0 Å². The quantitative estimate of drug-likeness (QED) is 0.859. The number of carbonyl (C=O) groups is 1. The molecule has 1 N–H and O–H groups in total. The highest BCUT2D eigenvalue weighted by atomic mass is 32.2. The molecule has 0 aliphatic heterocycles. The monoisotopic (exact) mass is 380 g/mol. The van der Waals surface area contributed by atoms with Crippen molar-refractivity contribution in [2.75, 3.05) is 12.4 Å². The molecular formula is C18H21FN2O4S. The lowest BCUT2D eigenvalue weighted by Gasteiger charge is -2.19. The summed E-state index contributed by atoms with van der Waals surface area (Å²) in [7, 11) is -3.93. The van der Waals surface area contributed by atoms with Crippen molar-refractivity contribution in [2.45, 2.75) is 31.2 Å². The van der Waals surface area contributed by atoms with E-state index in [-0.39, 0.29) is 11.5 Å². The molecule has 26 heavy (non-hydrogen) atoms. The Hall–Kier alpha value is -2.48. The predicted octanol–water partition coefficient (Wildman–Crippen LogP) is 3.39. The van der Waals surface area contributed by atoms with Crippen molar-refractivity contribution < 1.29 is 22.3 Å². The van der Waals surface area contributed by atoms with Gasteiger partial charge in [0.05, 0.1) is 10.4 Å². The first-order valence-corrected chi connectivity index (χ1v) is 9.60. The standard InChI is InChI=1S/C18H21FN2O4S/c1-18(2,3)21-17(22)25-11-9-14(19)12-26(23,24)15-8-4-6-13-7-5-10-20-16(13)15/h4-10H,11-12H2,1-3H3,(H,21,22)/b14-9-. The number of amides is 1. The zero-order valence-electron chi connectivity index (χ0n) is 14.8. The van der Waals surface area contributed by atoms with Crippen molar-refractivity contribution in [3.8, 4) is 0 Å². The van der Waals surface area contributed by atoms with Crippen molar-refractivity contribution in [2.24, 2.45) is 0 Å². The molecule has 0 atom stereocenters. The van der Waals surface area contributed by atoms with Crippen molar-refractivity contribution in [3.63, 3.8) is 0 Å². The second-order valence-corrected chi connectivity index (χ2v) is 8.67. The third kappa shape index (κ3) is 5.52. The van der Waals surface area contributed by atoms with E-state index in [1.165, 1.54) is 12.3 Å². The van der Waals surface area contributed by atoms with E-state index in [0.29, 0.717) is 10.9 Å². The van der Waals surface area contributed by atoms with Gasteiger partial charge in [-0.2, -0.15) is 0 Å². The summed E-state index contributed by atoms with van der Waals surface area (Å²) in [5.41, 5.74) is -0.187. The molecule has 1 aromatic carbocycles. The Morgan fingerprint density at radius 1 is 1.27 bits per heavy atom. The maximum Gasteiger partial charge on any atom is 0.407 e. The molecule has 0 saturated carbocycles. The molecule has 1 aromatic heterocycles. The Morgan fingerprint density at radius 2 is 1.96 bits per heavy atom. The number of hydrogen-bond acceptors (Lipinski definition) is 5. The SMILES string of the molecule is CC(C)(C)NC(=O)OC/C=C(\F)CS(=O)(=O)c1cccc2cccnc12. The van der Waals surface area contributed by atoms with E-state index < -0.39 is 33.0 Å². The number of alkyl carbamates (subject to hydrolysis) is 1. The van der Waals surface area contributed by atoms with E-state index in [9.17, 15) is 17.6 Å². The first-order valence-electron chi connectivity index (χ1n) is 7.94. The number of pyridine rings is 1. The van der Waals surface area contributed by atoms with Crippen LogP contribution < -0.4 is 5.32 Å². The zero-order valence-corrected chi connectivity index (χ0v) is 15.6. The Bertz CT molecular complexity index is 928.